The minimum absolute atomic E-state index is 0.121. The Bertz CT molecular complexity index is 377. The third kappa shape index (κ3) is 3.56. The Hall–Kier alpha value is -0.900. The fraction of sp³-hybridized carbons (Fsp3) is 0.625. The molecule has 0 amide bonds. The fourth-order valence-corrected chi connectivity index (χ4v) is 3.22. The van der Waals surface area contributed by atoms with E-state index in [1.165, 1.54) is 24.8 Å². The zero-order valence-corrected chi connectivity index (χ0v) is 11.9. The van der Waals surface area contributed by atoms with Crippen molar-refractivity contribution < 1.29 is 5.11 Å². The third-order valence-corrected chi connectivity index (χ3v) is 4.39. The van der Waals surface area contributed by atoms with Gasteiger partial charge in [-0.2, -0.15) is 0 Å². The first kappa shape index (κ1) is 14.5. The summed E-state index contributed by atoms with van der Waals surface area (Å²) in [5.74, 6) is 0.664. The number of aliphatic hydroxyl groups excluding tert-OH is 1. The SMILES string of the molecule is CCN(Cc1ccc(CO)cc1)C1CCCC1CN. The Kier molecular flexibility index (Phi) is 5.37. The lowest BCUT2D eigenvalue weighted by atomic mass is 10.0. The Balaban J connectivity index is 2.01. The number of nitrogens with two attached hydrogens (primary N) is 1. The molecular weight excluding hydrogens is 236 g/mol. The Morgan fingerprint density at radius 2 is 1.89 bits per heavy atom. The molecule has 0 radical (unpaired) electrons. The van der Waals surface area contributed by atoms with Gasteiger partial charge < -0.3 is 10.8 Å². The molecule has 0 aliphatic heterocycles. The highest BCUT2D eigenvalue weighted by molar-refractivity contribution is 5.22. The second-order valence-electron chi connectivity index (χ2n) is 5.53. The van der Waals surface area contributed by atoms with Crippen molar-refractivity contribution in [2.75, 3.05) is 13.1 Å². The van der Waals surface area contributed by atoms with Crippen LogP contribution in [0.4, 0.5) is 0 Å². The van der Waals surface area contributed by atoms with Gasteiger partial charge in [0, 0.05) is 12.6 Å². The topological polar surface area (TPSA) is 49.5 Å². The maximum Gasteiger partial charge on any atom is 0.0681 e. The molecule has 3 heteroatoms. The van der Waals surface area contributed by atoms with Gasteiger partial charge >= 0.3 is 0 Å². The Morgan fingerprint density at radius 1 is 1.21 bits per heavy atom. The maximum absolute atomic E-state index is 9.07. The van der Waals surface area contributed by atoms with Crippen LogP contribution in [0.5, 0.6) is 0 Å². The second kappa shape index (κ2) is 7.04. The number of benzene rings is 1. The summed E-state index contributed by atoms with van der Waals surface area (Å²) in [5.41, 5.74) is 8.19. The molecule has 1 aliphatic rings. The lowest BCUT2D eigenvalue weighted by molar-refractivity contribution is 0.162. The molecule has 1 fully saturated rings. The number of aliphatic hydroxyl groups is 1. The van der Waals surface area contributed by atoms with E-state index in [2.05, 4.69) is 24.0 Å². The minimum atomic E-state index is 0.121. The molecule has 2 unspecified atom stereocenters. The number of nitrogens with zero attached hydrogens (tertiary/aromatic N) is 1. The quantitative estimate of drug-likeness (QED) is 0.825. The lowest BCUT2D eigenvalue weighted by Gasteiger charge is -2.31. The van der Waals surface area contributed by atoms with Crippen LogP contribution < -0.4 is 5.73 Å². The van der Waals surface area contributed by atoms with Crippen LogP contribution in [0.1, 0.15) is 37.3 Å². The molecule has 1 aromatic rings. The summed E-state index contributed by atoms with van der Waals surface area (Å²) in [6.07, 6.45) is 3.87. The van der Waals surface area contributed by atoms with Gasteiger partial charge in [-0.1, -0.05) is 37.6 Å². The van der Waals surface area contributed by atoms with E-state index in [4.69, 9.17) is 10.8 Å². The summed E-state index contributed by atoms with van der Waals surface area (Å²) in [4.78, 5) is 2.55. The average Bonchev–Trinajstić information content (AvgIpc) is 2.93. The summed E-state index contributed by atoms with van der Waals surface area (Å²) in [5, 5.41) is 9.07. The van der Waals surface area contributed by atoms with Crippen LogP contribution in [-0.2, 0) is 13.2 Å². The van der Waals surface area contributed by atoms with Gasteiger partial charge in [0.05, 0.1) is 6.61 Å². The first-order chi connectivity index (χ1) is 9.28. The standard InChI is InChI=1S/C16H26N2O/c1-2-18(16-5-3-4-15(16)10-17)11-13-6-8-14(12-19)9-7-13/h6-9,15-16,19H,2-5,10-12,17H2,1H3. The zero-order chi connectivity index (χ0) is 13.7. The first-order valence-electron chi connectivity index (χ1n) is 7.41. The molecule has 1 saturated carbocycles. The van der Waals surface area contributed by atoms with Crippen molar-refractivity contribution in [3.05, 3.63) is 35.4 Å². The van der Waals surface area contributed by atoms with Crippen LogP contribution in [0.2, 0.25) is 0 Å². The molecule has 0 spiro atoms. The molecule has 0 saturated heterocycles. The van der Waals surface area contributed by atoms with Gasteiger partial charge in [-0.25, -0.2) is 0 Å². The van der Waals surface area contributed by atoms with Crippen LogP contribution in [0, 0.1) is 5.92 Å². The molecule has 1 aliphatic carbocycles. The summed E-state index contributed by atoms with van der Waals surface area (Å²) in [7, 11) is 0. The molecule has 2 rings (SSSR count). The molecule has 19 heavy (non-hydrogen) atoms. The Labute approximate surface area is 116 Å². The van der Waals surface area contributed by atoms with Crippen molar-refractivity contribution in [3.8, 4) is 0 Å². The van der Waals surface area contributed by atoms with Crippen molar-refractivity contribution in [1.29, 1.82) is 0 Å². The van der Waals surface area contributed by atoms with Gasteiger partial charge in [0.1, 0.15) is 0 Å². The molecule has 2 atom stereocenters. The van der Waals surface area contributed by atoms with E-state index in [0.29, 0.717) is 12.0 Å². The highest BCUT2D eigenvalue weighted by Crippen LogP contribution is 2.30. The van der Waals surface area contributed by atoms with Gasteiger partial charge in [-0.05, 0) is 43.0 Å². The van der Waals surface area contributed by atoms with Crippen LogP contribution in [0.15, 0.2) is 24.3 Å². The molecule has 0 aromatic heterocycles. The van der Waals surface area contributed by atoms with Crippen LogP contribution in [0.25, 0.3) is 0 Å². The summed E-state index contributed by atoms with van der Waals surface area (Å²) < 4.78 is 0. The molecule has 0 bridgehead atoms. The monoisotopic (exact) mass is 262 g/mol. The molecule has 0 heterocycles. The molecule has 1 aromatic carbocycles. The second-order valence-corrected chi connectivity index (χ2v) is 5.53. The van der Waals surface area contributed by atoms with E-state index in [-0.39, 0.29) is 6.61 Å². The van der Waals surface area contributed by atoms with E-state index in [1.807, 2.05) is 12.1 Å². The summed E-state index contributed by atoms with van der Waals surface area (Å²) in [6, 6.07) is 8.92. The summed E-state index contributed by atoms with van der Waals surface area (Å²) >= 11 is 0. The number of hydrogen-bond donors (Lipinski definition) is 2. The normalized spacial score (nSPS) is 23.2. The van der Waals surface area contributed by atoms with Gasteiger partial charge in [0.25, 0.3) is 0 Å². The zero-order valence-electron chi connectivity index (χ0n) is 11.9. The number of hydrogen-bond acceptors (Lipinski definition) is 3. The van der Waals surface area contributed by atoms with Gasteiger partial charge in [0.15, 0.2) is 0 Å². The van der Waals surface area contributed by atoms with E-state index >= 15 is 0 Å². The first-order valence-corrected chi connectivity index (χ1v) is 7.41. The van der Waals surface area contributed by atoms with Crippen molar-refractivity contribution in [2.45, 2.75) is 45.4 Å². The fourth-order valence-electron chi connectivity index (χ4n) is 3.22. The van der Waals surface area contributed by atoms with Crippen molar-refractivity contribution >= 4 is 0 Å². The highest BCUT2D eigenvalue weighted by atomic mass is 16.3. The van der Waals surface area contributed by atoms with E-state index in [9.17, 15) is 0 Å². The summed E-state index contributed by atoms with van der Waals surface area (Å²) in [6.45, 7) is 5.22. The third-order valence-electron chi connectivity index (χ3n) is 4.39. The van der Waals surface area contributed by atoms with Crippen molar-refractivity contribution in [1.82, 2.24) is 4.90 Å². The predicted molar refractivity (Wildman–Crippen MR) is 78.6 cm³/mol. The molecule has 106 valence electrons. The maximum atomic E-state index is 9.07. The largest absolute Gasteiger partial charge is 0.392 e. The molecule has 3 nitrogen and oxygen atoms in total. The van der Waals surface area contributed by atoms with Crippen molar-refractivity contribution in [2.24, 2.45) is 11.7 Å². The van der Waals surface area contributed by atoms with E-state index < -0.39 is 0 Å². The molecule has 3 N–H and O–H groups in total. The lowest BCUT2D eigenvalue weighted by Crippen LogP contribution is -2.39. The van der Waals surface area contributed by atoms with E-state index in [1.54, 1.807) is 0 Å². The van der Waals surface area contributed by atoms with E-state index in [0.717, 1.165) is 25.2 Å². The average molecular weight is 262 g/mol. The number of rotatable bonds is 6. The minimum Gasteiger partial charge on any atom is -0.392 e. The predicted octanol–water partition coefficient (Wildman–Crippen LogP) is 2.13. The van der Waals surface area contributed by atoms with Crippen LogP contribution in [0.3, 0.4) is 0 Å². The van der Waals surface area contributed by atoms with Crippen molar-refractivity contribution in [3.63, 3.8) is 0 Å². The molecular formula is C16H26N2O. The van der Waals surface area contributed by atoms with Gasteiger partial charge in [-0.3, -0.25) is 4.90 Å². The highest BCUT2D eigenvalue weighted by Gasteiger charge is 2.30. The Morgan fingerprint density at radius 3 is 2.47 bits per heavy atom. The smallest absolute Gasteiger partial charge is 0.0681 e. The van der Waals surface area contributed by atoms with Gasteiger partial charge in [0.2, 0.25) is 0 Å². The van der Waals surface area contributed by atoms with Crippen LogP contribution >= 0.6 is 0 Å². The van der Waals surface area contributed by atoms with Crippen LogP contribution in [-0.4, -0.2) is 29.1 Å². The van der Waals surface area contributed by atoms with Gasteiger partial charge in [-0.15, -0.1) is 0 Å².